The summed E-state index contributed by atoms with van der Waals surface area (Å²) in [6, 6.07) is 5.05. The summed E-state index contributed by atoms with van der Waals surface area (Å²) >= 11 is 0. The summed E-state index contributed by atoms with van der Waals surface area (Å²) in [5.74, 6) is -0.208. The molecule has 1 fully saturated rings. The third kappa shape index (κ3) is 1.48. The van der Waals surface area contributed by atoms with Gasteiger partial charge in [-0.05, 0) is 42.0 Å². The van der Waals surface area contributed by atoms with Gasteiger partial charge in [-0.25, -0.2) is 4.39 Å². The van der Waals surface area contributed by atoms with Crippen LogP contribution in [0.5, 0.6) is 0 Å². The van der Waals surface area contributed by atoms with Crippen molar-refractivity contribution in [3.63, 3.8) is 0 Å². The van der Waals surface area contributed by atoms with Crippen molar-refractivity contribution >= 4 is 0 Å². The molecule has 1 aromatic rings. The Morgan fingerprint density at radius 1 is 1.33 bits per heavy atom. The predicted molar refractivity (Wildman–Crippen MR) is 58.3 cm³/mol. The summed E-state index contributed by atoms with van der Waals surface area (Å²) in [5.41, 5.74) is 1.72. The van der Waals surface area contributed by atoms with E-state index < -0.39 is 0 Å². The van der Waals surface area contributed by atoms with Crippen LogP contribution in [0.3, 0.4) is 0 Å². The van der Waals surface area contributed by atoms with Gasteiger partial charge in [-0.2, -0.15) is 0 Å². The van der Waals surface area contributed by atoms with E-state index in [0.717, 1.165) is 17.5 Å². The zero-order valence-electron chi connectivity index (χ0n) is 9.47. The van der Waals surface area contributed by atoms with E-state index >= 15 is 0 Å². The van der Waals surface area contributed by atoms with Crippen LogP contribution in [0.4, 0.5) is 4.39 Å². The highest BCUT2D eigenvalue weighted by Gasteiger charge is 2.61. The summed E-state index contributed by atoms with van der Waals surface area (Å²) in [6.45, 7) is 6.21. The SMILES string of the molecule is Cc1cc(F)cc(C2(CO)CC2(C)C)c1. The molecule has 1 unspecified atom stereocenters. The van der Waals surface area contributed by atoms with Gasteiger partial charge < -0.3 is 5.11 Å². The fourth-order valence-electron chi connectivity index (χ4n) is 2.58. The van der Waals surface area contributed by atoms with E-state index in [0.29, 0.717) is 0 Å². The van der Waals surface area contributed by atoms with Crippen LogP contribution in [-0.2, 0) is 5.41 Å². The molecule has 1 aliphatic carbocycles. The van der Waals surface area contributed by atoms with E-state index in [4.69, 9.17) is 0 Å². The minimum absolute atomic E-state index is 0.0853. The van der Waals surface area contributed by atoms with Crippen molar-refractivity contribution < 1.29 is 9.50 Å². The summed E-state index contributed by atoms with van der Waals surface area (Å²) < 4.78 is 13.3. The number of aliphatic hydroxyl groups is 1. The van der Waals surface area contributed by atoms with E-state index in [1.54, 1.807) is 6.07 Å². The zero-order valence-corrected chi connectivity index (χ0v) is 9.47. The zero-order chi connectivity index (χ0) is 11.3. The van der Waals surface area contributed by atoms with Crippen molar-refractivity contribution in [3.8, 4) is 0 Å². The van der Waals surface area contributed by atoms with Gasteiger partial charge in [0, 0.05) is 5.41 Å². The number of aliphatic hydroxyl groups excluding tert-OH is 1. The molecule has 0 saturated heterocycles. The monoisotopic (exact) mass is 208 g/mol. The molecular weight excluding hydrogens is 191 g/mol. The first-order valence-corrected chi connectivity index (χ1v) is 5.30. The van der Waals surface area contributed by atoms with Crippen LogP contribution in [0.25, 0.3) is 0 Å². The van der Waals surface area contributed by atoms with E-state index in [9.17, 15) is 9.50 Å². The topological polar surface area (TPSA) is 20.2 Å². The molecule has 0 amide bonds. The lowest BCUT2D eigenvalue weighted by molar-refractivity contribution is 0.231. The molecule has 1 aliphatic rings. The van der Waals surface area contributed by atoms with Crippen molar-refractivity contribution in [1.82, 2.24) is 0 Å². The first-order valence-electron chi connectivity index (χ1n) is 5.30. The first kappa shape index (κ1) is 10.6. The number of hydrogen-bond acceptors (Lipinski definition) is 1. The lowest BCUT2D eigenvalue weighted by Crippen LogP contribution is -2.19. The Bertz CT molecular complexity index is 377. The van der Waals surface area contributed by atoms with Gasteiger partial charge in [0.05, 0.1) is 6.61 Å². The maximum absolute atomic E-state index is 13.3. The second-order valence-corrected chi connectivity index (χ2v) is 5.32. The molecule has 0 spiro atoms. The summed E-state index contributed by atoms with van der Waals surface area (Å²) in [7, 11) is 0. The normalized spacial score (nSPS) is 27.8. The van der Waals surface area contributed by atoms with Crippen molar-refractivity contribution in [3.05, 3.63) is 35.1 Å². The lowest BCUT2D eigenvalue weighted by Gasteiger charge is -2.19. The summed E-state index contributed by atoms with van der Waals surface area (Å²) in [6.07, 6.45) is 0.930. The van der Waals surface area contributed by atoms with Crippen LogP contribution >= 0.6 is 0 Å². The molecule has 0 bridgehead atoms. The molecule has 1 atom stereocenters. The van der Waals surface area contributed by atoms with Gasteiger partial charge in [-0.1, -0.05) is 19.9 Å². The van der Waals surface area contributed by atoms with Gasteiger partial charge in [0.1, 0.15) is 5.82 Å². The molecule has 1 nitrogen and oxygen atoms in total. The van der Waals surface area contributed by atoms with Crippen LogP contribution < -0.4 is 0 Å². The van der Waals surface area contributed by atoms with Gasteiger partial charge in [0.15, 0.2) is 0 Å². The Hall–Kier alpha value is -0.890. The number of benzene rings is 1. The molecular formula is C13H17FO. The summed E-state index contributed by atoms with van der Waals surface area (Å²) in [5, 5.41) is 9.50. The molecule has 15 heavy (non-hydrogen) atoms. The molecule has 1 saturated carbocycles. The molecule has 2 heteroatoms. The largest absolute Gasteiger partial charge is 0.395 e. The molecule has 1 aromatic carbocycles. The van der Waals surface area contributed by atoms with Gasteiger partial charge in [-0.3, -0.25) is 0 Å². The highest BCUT2D eigenvalue weighted by Crippen LogP contribution is 2.64. The highest BCUT2D eigenvalue weighted by atomic mass is 19.1. The summed E-state index contributed by atoms with van der Waals surface area (Å²) in [4.78, 5) is 0. The van der Waals surface area contributed by atoms with Crippen LogP contribution in [0.15, 0.2) is 18.2 Å². The van der Waals surface area contributed by atoms with Crippen LogP contribution in [0.1, 0.15) is 31.4 Å². The molecule has 2 rings (SSSR count). The molecule has 0 aliphatic heterocycles. The van der Waals surface area contributed by atoms with E-state index in [1.165, 1.54) is 6.07 Å². The molecule has 82 valence electrons. The van der Waals surface area contributed by atoms with Crippen LogP contribution in [-0.4, -0.2) is 11.7 Å². The van der Waals surface area contributed by atoms with Gasteiger partial charge in [0.25, 0.3) is 0 Å². The minimum atomic E-state index is -0.222. The second-order valence-electron chi connectivity index (χ2n) is 5.32. The van der Waals surface area contributed by atoms with Crippen molar-refractivity contribution in [2.75, 3.05) is 6.61 Å². The Balaban J connectivity index is 2.46. The second kappa shape index (κ2) is 3.05. The molecule has 1 N–H and O–H groups in total. The highest BCUT2D eigenvalue weighted by molar-refractivity contribution is 5.39. The van der Waals surface area contributed by atoms with Gasteiger partial charge in [-0.15, -0.1) is 0 Å². The maximum atomic E-state index is 13.3. The van der Waals surface area contributed by atoms with E-state index in [2.05, 4.69) is 13.8 Å². The van der Waals surface area contributed by atoms with Crippen LogP contribution in [0.2, 0.25) is 0 Å². The third-order valence-electron chi connectivity index (χ3n) is 3.78. The number of halogens is 1. The number of rotatable bonds is 2. The first-order chi connectivity index (χ1) is 6.91. The fraction of sp³-hybridized carbons (Fsp3) is 0.538. The smallest absolute Gasteiger partial charge is 0.123 e. The Morgan fingerprint density at radius 3 is 2.33 bits per heavy atom. The average molecular weight is 208 g/mol. The van der Waals surface area contributed by atoms with Gasteiger partial charge >= 0.3 is 0 Å². The quantitative estimate of drug-likeness (QED) is 0.792. The Kier molecular flexibility index (Phi) is 2.16. The van der Waals surface area contributed by atoms with Gasteiger partial charge in [0.2, 0.25) is 0 Å². The average Bonchev–Trinajstić information content (AvgIpc) is 2.68. The minimum Gasteiger partial charge on any atom is -0.395 e. The van der Waals surface area contributed by atoms with Crippen molar-refractivity contribution in [2.45, 2.75) is 32.6 Å². The lowest BCUT2D eigenvalue weighted by atomic mass is 9.88. The standard InChI is InChI=1S/C13H17FO/c1-9-4-10(6-11(14)5-9)13(8-15)7-12(13,2)3/h4-6,15H,7-8H2,1-3H3. The Morgan fingerprint density at radius 2 is 1.93 bits per heavy atom. The Labute approximate surface area is 89.9 Å². The maximum Gasteiger partial charge on any atom is 0.123 e. The number of hydrogen-bond donors (Lipinski definition) is 1. The fourth-order valence-corrected chi connectivity index (χ4v) is 2.58. The molecule has 0 heterocycles. The van der Waals surface area contributed by atoms with Crippen molar-refractivity contribution in [2.24, 2.45) is 5.41 Å². The van der Waals surface area contributed by atoms with E-state index in [1.807, 2.05) is 13.0 Å². The number of aryl methyl sites for hydroxylation is 1. The predicted octanol–water partition coefficient (Wildman–Crippen LogP) is 2.79. The molecule has 0 aromatic heterocycles. The van der Waals surface area contributed by atoms with Crippen molar-refractivity contribution in [1.29, 1.82) is 0 Å². The third-order valence-corrected chi connectivity index (χ3v) is 3.78. The van der Waals surface area contributed by atoms with E-state index in [-0.39, 0.29) is 23.3 Å². The van der Waals surface area contributed by atoms with Crippen LogP contribution in [0, 0.1) is 18.2 Å². The molecule has 0 radical (unpaired) electrons.